The van der Waals surface area contributed by atoms with Crippen LogP contribution in [0.3, 0.4) is 0 Å². The Morgan fingerprint density at radius 1 is 1.04 bits per heavy atom. The number of rotatable bonds is 4. The molecule has 0 saturated heterocycles. The molecule has 1 N–H and O–H groups in total. The molecule has 1 saturated carbocycles. The second kappa shape index (κ2) is 8.71. The van der Waals surface area contributed by atoms with Gasteiger partial charge in [-0.3, -0.25) is 0 Å². The van der Waals surface area contributed by atoms with E-state index < -0.39 is 8.07 Å². The number of nitrogens with one attached hydrogen (secondary N) is 1. The maximum Gasteiger partial charge on any atom is 0.145 e. The van der Waals surface area contributed by atoms with E-state index in [1.807, 2.05) is 0 Å². The molecule has 0 bridgehead atoms. The summed E-state index contributed by atoms with van der Waals surface area (Å²) >= 11 is 0. The predicted octanol–water partition coefficient (Wildman–Crippen LogP) is 5.41. The van der Waals surface area contributed by atoms with Crippen LogP contribution in [-0.2, 0) is 6.42 Å². The Hall–Kier alpha value is -2.12. The Labute approximate surface area is 165 Å². The van der Waals surface area contributed by atoms with Gasteiger partial charge in [0.05, 0.1) is 11.3 Å². The van der Waals surface area contributed by atoms with Gasteiger partial charge in [0.15, 0.2) is 0 Å². The molecule has 1 fully saturated rings. The molecule has 3 rings (SSSR count). The van der Waals surface area contributed by atoms with Crippen LogP contribution in [0, 0.1) is 11.5 Å². The Bertz CT molecular complexity index is 807. The van der Waals surface area contributed by atoms with Gasteiger partial charge in [0.1, 0.15) is 20.2 Å². The lowest BCUT2D eigenvalue weighted by Gasteiger charge is -2.30. The maximum absolute atomic E-state index is 4.55. The van der Waals surface area contributed by atoms with Crippen molar-refractivity contribution in [3.05, 3.63) is 53.5 Å². The second-order valence-electron chi connectivity index (χ2n) is 8.50. The van der Waals surface area contributed by atoms with Gasteiger partial charge < -0.3 is 5.32 Å². The minimum absolute atomic E-state index is 0.469. The molecule has 0 unspecified atom stereocenters. The molecule has 2 aromatic rings. The van der Waals surface area contributed by atoms with Gasteiger partial charge in [-0.15, -0.1) is 5.54 Å². The quantitative estimate of drug-likeness (QED) is 0.572. The highest BCUT2D eigenvalue weighted by Gasteiger charge is 2.23. The Morgan fingerprint density at radius 3 is 2.37 bits per heavy atom. The zero-order valence-corrected chi connectivity index (χ0v) is 18.0. The van der Waals surface area contributed by atoms with Gasteiger partial charge in [-0.05, 0) is 43.6 Å². The van der Waals surface area contributed by atoms with Crippen molar-refractivity contribution in [1.29, 1.82) is 0 Å². The molecule has 27 heavy (non-hydrogen) atoms. The van der Waals surface area contributed by atoms with E-state index in [4.69, 9.17) is 0 Å². The Kier molecular flexibility index (Phi) is 6.33. The van der Waals surface area contributed by atoms with Gasteiger partial charge in [-0.1, -0.05) is 62.8 Å². The van der Waals surface area contributed by atoms with Crippen molar-refractivity contribution in [2.75, 3.05) is 5.32 Å². The zero-order valence-electron chi connectivity index (χ0n) is 17.0. The molecule has 3 nitrogen and oxygen atoms in total. The standard InChI is InChI=1S/C23H31N3Si/c1-5-22-21(15-16-27(2,3)4)23(25-17-24-22)26-20-13-11-19(12-14-20)18-9-7-6-8-10-18/h6-10,17,19-20H,5,11-14H2,1-4H3,(H,24,25,26)/t19-,20+. The topological polar surface area (TPSA) is 37.8 Å². The van der Waals surface area contributed by atoms with Gasteiger partial charge in [-0.2, -0.15) is 0 Å². The van der Waals surface area contributed by atoms with Gasteiger partial charge in [0, 0.05) is 6.04 Å². The maximum atomic E-state index is 4.55. The third-order valence-corrected chi connectivity index (χ3v) is 6.04. The normalized spacial score (nSPS) is 19.9. The highest BCUT2D eigenvalue weighted by Crippen LogP contribution is 2.34. The van der Waals surface area contributed by atoms with E-state index in [1.165, 1.54) is 31.2 Å². The molecule has 0 aliphatic heterocycles. The summed E-state index contributed by atoms with van der Waals surface area (Å²) in [6.45, 7) is 8.95. The molecule has 142 valence electrons. The van der Waals surface area contributed by atoms with Crippen LogP contribution < -0.4 is 5.32 Å². The molecule has 0 amide bonds. The highest BCUT2D eigenvalue weighted by molar-refractivity contribution is 6.83. The molecule has 1 aromatic carbocycles. The van der Waals surface area contributed by atoms with E-state index in [-0.39, 0.29) is 0 Å². The molecular weight excluding hydrogens is 346 g/mol. The van der Waals surface area contributed by atoms with E-state index in [9.17, 15) is 0 Å². The van der Waals surface area contributed by atoms with E-state index in [0.29, 0.717) is 12.0 Å². The van der Waals surface area contributed by atoms with Crippen molar-refractivity contribution in [2.24, 2.45) is 0 Å². The van der Waals surface area contributed by atoms with Crippen LogP contribution in [0.1, 0.15) is 55.3 Å². The first-order valence-corrected chi connectivity index (χ1v) is 13.6. The summed E-state index contributed by atoms with van der Waals surface area (Å²) in [7, 11) is -1.44. The minimum atomic E-state index is -1.44. The lowest BCUT2D eigenvalue weighted by Crippen LogP contribution is -2.26. The first kappa shape index (κ1) is 19.6. The third kappa shape index (κ3) is 5.43. The van der Waals surface area contributed by atoms with Crippen molar-refractivity contribution in [2.45, 2.75) is 70.6 Å². The number of anilines is 1. The van der Waals surface area contributed by atoms with Crippen molar-refractivity contribution in [3.8, 4) is 11.5 Å². The zero-order chi connectivity index (χ0) is 19.3. The molecule has 1 aliphatic rings. The highest BCUT2D eigenvalue weighted by atomic mass is 28.3. The molecular formula is C23H31N3Si. The third-order valence-electron chi connectivity index (χ3n) is 5.16. The fourth-order valence-corrected chi connectivity index (χ4v) is 4.17. The Morgan fingerprint density at radius 2 is 1.74 bits per heavy atom. The molecule has 0 atom stereocenters. The van der Waals surface area contributed by atoms with Crippen LogP contribution in [-0.4, -0.2) is 24.1 Å². The van der Waals surface area contributed by atoms with Gasteiger partial charge in [-0.25, -0.2) is 9.97 Å². The molecule has 1 aromatic heterocycles. The fraction of sp³-hybridized carbons (Fsp3) is 0.478. The largest absolute Gasteiger partial charge is 0.366 e. The van der Waals surface area contributed by atoms with Crippen molar-refractivity contribution in [3.63, 3.8) is 0 Å². The first-order chi connectivity index (χ1) is 13.0. The molecule has 1 aliphatic carbocycles. The molecule has 0 radical (unpaired) electrons. The average molecular weight is 378 g/mol. The van der Waals surface area contributed by atoms with E-state index >= 15 is 0 Å². The summed E-state index contributed by atoms with van der Waals surface area (Å²) in [5, 5.41) is 3.69. The summed E-state index contributed by atoms with van der Waals surface area (Å²) in [4.78, 5) is 9.02. The van der Waals surface area contributed by atoms with Crippen LogP contribution in [0.5, 0.6) is 0 Å². The van der Waals surface area contributed by atoms with Crippen LogP contribution in [0.15, 0.2) is 36.7 Å². The molecule has 0 spiro atoms. The first-order valence-electron chi connectivity index (χ1n) is 10.1. The molecule has 4 heteroatoms. The lowest BCUT2D eigenvalue weighted by molar-refractivity contribution is 0.411. The average Bonchev–Trinajstić information content (AvgIpc) is 2.67. The van der Waals surface area contributed by atoms with Crippen LogP contribution in [0.4, 0.5) is 5.82 Å². The summed E-state index contributed by atoms with van der Waals surface area (Å²) in [6, 6.07) is 11.4. The van der Waals surface area contributed by atoms with Crippen LogP contribution in [0.2, 0.25) is 19.6 Å². The smallest absolute Gasteiger partial charge is 0.145 e. The van der Waals surface area contributed by atoms with E-state index in [1.54, 1.807) is 6.33 Å². The van der Waals surface area contributed by atoms with Crippen molar-refractivity contribution >= 4 is 13.9 Å². The monoisotopic (exact) mass is 377 g/mol. The molecule has 1 heterocycles. The number of nitrogens with zero attached hydrogens (tertiary/aromatic N) is 2. The minimum Gasteiger partial charge on any atom is -0.366 e. The number of hydrogen-bond donors (Lipinski definition) is 1. The van der Waals surface area contributed by atoms with E-state index in [2.05, 4.69) is 83.6 Å². The van der Waals surface area contributed by atoms with Crippen LogP contribution in [0.25, 0.3) is 0 Å². The van der Waals surface area contributed by atoms with Crippen molar-refractivity contribution in [1.82, 2.24) is 9.97 Å². The predicted molar refractivity (Wildman–Crippen MR) is 117 cm³/mol. The lowest BCUT2D eigenvalue weighted by atomic mass is 9.82. The summed E-state index contributed by atoms with van der Waals surface area (Å²) in [5.41, 5.74) is 7.03. The van der Waals surface area contributed by atoms with Gasteiger partial charge in [0.2, 0.25) is 0 Å². The van der Waals surface area contributed by atoms with E-state index in [0.717, 1.165) is 23.5 Å². The fourth-order valence-electron chi connectivity index (χ4n) is 3.67. The number of benzene rings is 1. The van der Waals surface area contributed by atoms with Crippen molar-refractivity contribution < 1.29 is 0 Å². The van der Waals surface area contributed by atoms with Gasteiger partial charge in [0.25, 0.3) is 0 Å². The van der Waals surface area contributed by atoms with Gasteiger partial charge >= 0.3 is 0 Å². The SMILES string of the molecule is CCc1ncnc(N[C@H]2CC[C@@H](c3ccccc3)CC2)c1C#C[Si](C)(C)C. The number of aryl methyl sites for hydroxylation is 1. The Balaban J connectivity index is 1.72. The number of aromatic nitrogens is 2. The summed E-state index contributed by atoms with van der Waals surface area (Å²) < 4.78 is 0. The summed E-state index contributed by atoms with van der Waals surface area (Å²) in [5.74, 6) is 5.03. The summed E-state index contributed by atoms with van der Waals surface area (Å²) in [6.07, 6.45) is 7.36. The van der Waals surface area contributed by atoms with Crippen LogP contribution >= 0.6 is 0 Å². The number of hydrogen-bond acceptors (Lipinski definition) is 3. The second-order valence-corrected chi connectivity index (χ2v) is 13.3.